The summed E-state index contributed by atoms with van der Waals surface area (Å²) in [4.78, 5) is 20.5. The minimum Gasteiger partial charge on any atom is -0.395 e. The molecule has 7 heteroatoms. The van der Waals surface area contributed by atoms with Crippen LogP contribution in [0.25, 0.3) is 11.4 Å². The third-order valence-corrected chi connectivity index (χ3v) is 4.24. The molecule has 0 saturated carbocycles. The Labute approximate surface area is 126 Å². The van der Waals surface area contributed by atoms with Crippen LogP contribution < -0.4 is 5.73 Å². The van der Waals surface area contributed by atoms with Gasteiger partial charge in [-0.3, -0.25) is 4.79 Å². The lowest BCUT2D eigenvalue weighted by Crippen LogP contribution is -2.15. The van der Waals surface area contributed by atoms with Gasteiger partial charge in [-0.15, -0.1) is 0 Å². The maximum atomic E-state index is 11.6. The lowest BCUT2D eigenvalue weighted by molar-refractivity contribution is 0.0999. The van der Waals surface area contributed by atoms with Crippen molar-refractivity contribution < 1.29 is 9.90 Å². The summed E-state index contributed by atoms with van der Waals surface area (Å²) in [5.41, 5.74) is 9.71. The zero-order chi connectivity index (χ0) is 15.0. The zero-order valence-electron chi connectivity index (χ0n) is 11.7. The van der Waals surface area contributed by atoms with Crippen LogP contribution in [0.15, 0.2) is 17.6 Å². The number of hydrogen-bond donors (Lipinski definition) is 2. The molecule has 2 aromatic heterocycles. The van der Waals surface area contributed by atoms with E-state index in [2.05, 4.69) is 9.97 Å². The van der Waals surface area contributed by atoms with E-state index in [0.29, 0.717) is 17.3 Å². The van der Waals surface area contributed by atoms with Crippen molar-refractivity contribution in [1.29, 1.82) is 0 Å². The predicted octanol–water partition coefficient (Wildman–Crippen LogP) is 0.857. The van der Waals surface area contributed by atoms with Crippen LogP contribution in [0.3, 0.4) is 0 Å². The summed E-state index contributed by atoms with van der Waals surface area (Å²) in [6.45, 7) is 0.406. The Kier molecular flexibility index (Phi) is 3.69. The van der Waals surface area contributed by atoms with Crippen molar-refractivity contribution in [1.82, 2.24) is 14.5 Å². The second kappa shape index (κ2) is 5.50. The van der Waals surface area contributed by atoms with Gasteiger partial charge in [-0.05, 0) is 30.2 Å². The summed E-state index contributed by atoms with van der Waals surface area (Å²) in [5, 5.41) is 9.94. The highest BCUT2D eigenvalue weighted by molar-refractivity contribution is 7.98. The first-order chi connectivity index (χ1) is 10.2. The number of carbonyl (C=O) groups excluding carboxylic acids is 1. The molecule has 0 aliphatic heterocycles. The van der Waals surface area contributed by atoms with Gasteiger partial charge in [-0.1, -0.05) is 11.8 Å². The summed E-state index contributed by atoms with van der Waals surface area (Å²) < 4.78 is 1.87. The number of rotatable bonds is 4. The van der Waals surface area contributed by atoms with E-state index in [1.165, 1.54) is 11.8 Å². The van der Waals surface area contributed by atoms with Crippen molar-refractivity contribution in [2.75, 3.05) is 12.9 Å². The van der Waals surface area contributed by atoms with Gasteiger partial charge < -0.3 is 15.4 Å². The Morgan fingerprint density at radius 1 is 1.52 bits per heavy atom. The monoisotopic (exact) mass is 304 g/mol. The van der Waals surface area contributed by atoms with Crippen LogP contribution in [0.4, 0.5) is 0 Å². The van der Waals surface area contributed by atoms with Gasteiger partial charge in [0.25, 0.3) is 5.91 Å². The van der Waals surface area contributed by atoms with E-state index in [1.807, 2.05) is 17.0 Å². The van der Waals surface area contributed by atoms with Gasteiger partial charge in [0.05, 0.1) is 23.6 Å². The number of hydrogen-bond acceptors (Lipinski definition) is 5. The zero-order valence-corrected chi connectivity index (χ0v) is 12.5. The number of fused-ring (bicyclic) bond motifs is 3. The third-order valence-electron chi connectivity index (χ3n) is 3.68. The topological polar surface area (TPSA) is 94.0 Å². The van der Waals surface area contributed by atoms with Crippen LogP contribution in [0, 0.1) is 0 Å². The van der Waals surface area contributed by atoms with E-state index < -0.39 is 5.91 Å². The van der Waals surface area contributed by atoms with E-state index >= 15 is 0 Å². The van der Waals surface area contributed by atoms with Crippen molar-refractivity contribution in [3.8, 4) is 11.4 Å². The molecule has 6 nitrogen and oxygen atoms in total. The van der Waals surface area contributed by atoms with E-state index in [4.69, 9.17) is 5.73 Å². The lowest BCUT2D eigenvalue weighted by atomic mass is 9.92. The Morgan fingerprint density at radius 3 is 3.00 bits per heavy atom. The summed E-state index contributed by atoms with van der Waals surface area (Å²) in [5.74, 6) is -0.439. The maximum absolute atomic E-state index is 11.6. The van der Waals surface area contributed by atoms with Crippen molar-refractivity contribution >= 4 is 17.7 Å². The molecule has 0 spiro atoms. The molecule has 2 heterocycles. The Hall–Kier alpha value is -1.86. The summed E-state index contributed by atoms with van der Waals surface area (Å²) in [6.07, 6.45) is 7.02. The van der Waals surface area contributed by atoms with Crippen LogP contribution in [0.5, 0.6) is 0 Å². The summed E-state index contributed by atoms with van der Waals surface area (Å²) in [6, 6.07) is 0. The quantitative estimate of drug-likeness (QED) is 0.645. The fraction of sp³-hybridized carbons (Fsp3) is 0.357. The minimum atomic E-state index is -0.439. The molecule has 1 aliphatic rings. The first-order valence-corrected chi connectivity index (χ1v) is 7.91. The molecular formula is C14H16N4O2S. The number of aliphatic hydroxyl groups excluding tert-OH is 1. The Bertz CT molecular complexity index is 711. The molecule has 0 atom stereocenters. The van der Waals surface area contributed by atoms with E-state index in [0.717, 1.165) is 35.4 Å². The van der Waals surface area contributed by atoms with Gasteiger partial charge in [0, 0.05) is 18.9 Å². The second-order valence-corrected chi connectivity index (χ2v) is 5.66. The summed E-state index contributed by atoms with van der Waals surface area (Å²) in [7, 11) is 0. The molecule has 0 saturated heterocycles. The molecule has 2 aromatic rings. The number of aliphatic hydroxyl groups is 1. The lowest BCUT2D eigenvalue weighted by Gasteiger charge is -2.19. The fourth-order valence-corrected chi connectivity index (χ4v) is 3.10. The van der Waals surface area contributed by atoms with Crippen LogP contribution >= 0.6 is 11.8 Å². The highest BCUT2D eigenvalue weighted by atomic mass is 32.2. The summed E-state index contributed by atoms with van der Waals surface area (Å²) >= 11 is 1.48. The number of primary amides is 1. The molecule has 0 bridgehead atoms. The molecule has 21 heavy (non-hydrogen) atoms. The molecule has 0 radical (unpaired) electrons. The fourth-order valence-electron chi connectivity index (χ4n) is 2.76. The normalized spacial score (nSPS) is 12.9. The third kappa shape index (κ3) is 2.32. The standard InChI is InChI=1S/C14H16N4O2S/c1-21-14-16-6-8-2-3-9-10(13(15)20)7-18(4-5-19)12(9)11(8)17-14/h6-7,19H,2-5H2,1H3,(H2,15,20). The first kappa shape index (κ1) is 14.1. The molecule has 1 aliphatic carbocycles. The van der Waals surface area contributed by atoms with Gasteiger partial charge in [0.15, 0.2) is 5.16 Å². The maximum Gasteiger partial charge on any atom is 0.250 e. The molecule has 3 rings (SSSR count). The van der Waals surface area contributed by atoms with Crippen LogP contribution in [0.2, 0.25) is 0 Å². The number of nitrogens with two attached hydrogens (primary N) is 1. The molecule has 3 N–H and O–H groups in total. The molecule has 1 amide bonds. The average Bonchev–Trinajstić information content (AvgIpc) is 2.86. The highest BCUT2D eigenvalue weighted by Gasteiger charge is 2.27. The number of amides is 1. The first-order valence-electron chi connectivity index (χ1n) is 6.68. The number of nitrogens with zero attached hydrogens (tertiary/aromatic N) is 3. The smallest absolute Gasteiger partial charge is 0.250 e. The Morgan fingerprint density at radius 2 is 2.33 bits per heavy atom. The van der Waals surface area contributed by atoms with Crippen molar-refractivity contribution in [3.05, 3.63) is 29.1 Å². The van der Waals surface area contributed by atoms with Crippen molar-refractivity contribution in [2.45, 2.75) is 24.5 Å². The number of carbonyl (C=O) groups is 1. The van der Waals surface area contributed by atoms with Gasteiger partial charge in [-0.2, -0.15) is 0 Å². The number of aryl methyl sites for hydroxylation is 1. The van der Waals surface area contributed by atoms with Gasteiger partial charge in [0.2, 0.25) is 0 Å². The van der Waals surface area contributed by atoms with Crippen LogP contribution in [0.1, 0.15) is 21.5 Å². The highest BCUT2D eigenvalue weighted by Crippen LogP contribution is 2.35. The van der Waals surface area contributed by atoms with E-state index in [-0.39, 0.29) is 6.61 Å². The minimum absolute atomic E-state index is 0.00484. The van der Waals surface area contributed by atoms with Crippen LogP contribution in [-0.4, -0.2) is 38.4 Å². The average molecular weight is 304 g/mol. The van der Waals surface area contributed by atoms with Crippen LogP contribution in [-0.2, 0) is 19.4 Å². The number of aromatic nitrogens is 3. The SMILES string of the molecule is CSc1ncc2c(n1)-c1c(c(C(N)=O)cn1CCO)CC2. The Balaban J connectivity index is 2.24. The van der Waals surface area contributed by atoms with Crippen molar-refractivity contribution in [3.63, 3.8) is 0 Å². The largest absolute Gasteiger partial charge is 0.395 e. The molecule has 0 aromatic carbocycles. The van der Waals surface area contributed by atoms with Crippen molar-refractivity contribution in [2.24, 2.45) is 5.73 Å². The van der Waals surface area contributed by atoms with E-state index in [1.54, 1.807) is 6.20 Å². The second-order valence-electron chi connectivity index (χ2n) is 4.88. The van der Waals surface area contributed by atoms with E-state index in [9.17, 15) is 9.90 Å². The molecule has 0 unspecified atom stereocenters. The predicted molar refractivity (Wildman–Crippen MR) is 80.3 cm³/mol. The number of thioether (sulfide) groups is 1. The van der Waals surface area contributed by atoms with Gasteiger partial charge in [-0.25, -0.2) is 9.97 Å². The molecular weight excluding hydrogens is 288 g/mol. The van der Waals surface area contributed by atoms with Gasteiger partial charge in [0.1, 0.15) is 0 Å². The van der Waals surface area contributed by atoms with Gasteiger partial charge >= 0.3 is 0 Å². The molecule has 110 valence electrons. The molecule has 0 fully saturated rings.